The largest absolute Gasteiger partial charge is 0.508 e. The SMILES string of the molecule is CCOC(=O)c1c(C)cc(O)cc1O.COc1cc(O)c(C(=O)C=Cc2ccccc2)c(OC)c1. The van der Waals surface area contributed by atoms with Gasteiger partial charge in [0.15, 0.2) is 5.78 Å². The van der Waals surface area contributed by atoms with Crippen LogP contribution in [0.15, 0.2) is 60.7 Å². The molecule has 0 fully saturated rings. The second kappa shape index (κ2) is 12.7. The molecule has 3 N–H and O–H groups in total. The molecule has 184 valence electrons. The van der Waals surface area contributed by atoms with E-state index in [9.17, 15) is 19.8 Å². The lowest BCUT2D eigenvalue weighted by atomic mass is 10.1. The van der Waals surface area contributed by atoms with E-state index < -0.39 is 5.97 Å². The molecular weight excluding hydrogens is 452 g/mol. The highest BCUT2D eigenvalue weighted by Crippen LogP contribution is 2.34. The highest BCUT2D eigenvalue weighted by atomic mass is 16.5. The molecule has 0 heterocycles. The Labute approximate surface area is 203 Å². The van der Waals surface area contributed by atoms with Crippen molar-refractivity contribution in [2.24, 2.45) is 0 Å². The lowest BCUT2D eigenvalue weighted by Gasteiger charge is -2.10. The molecule has 35 heavy (non-hydrogen) atoms. The Morgan fingerprint density at radius 2 is 1.54 bits per heavy atom. The van der Waals surface area contributed by atoms with Crippen LogP contribution in [0.25, 0.3) is 6.08 Å². The third-order valence-electron chi connectivity index (χ3n) is 4.76. The van der Waals surface area contributed by atoms with Crippen LogP contribution in [0, 0.1) is 6.92 Å². The minimum atomic E-state index is -0.581. The van der Waals surface area contributed by atoms with Gasteiger partial charge in [0.2, 0.25) is 0 Å². The van der Waals surface area contributed by atoms with Gasteiger partial charge in [-0.15, -0.1) is 0 Å². The molecule has 8 heteroatoms. The topological polar surface area (TPSA) is 123 Å². The summed E-state index contributed by atoms with van der Waals surface area (Å²) in [5.41, 5.74) is 1.61. The van der Waals surface area contributed by atoms with Gasteiger partial charge in [-0.3, -0.25) is 4.79 Å². The molecule has 3 aromatic rings. The van der Waals surface area contributed by atoms with Crippen molar-refractivity contribution in [3.05, 3.63) is 82.9 Å². The number of ether oxygens (including phenoxy) is 3. The molecule has 8 nitrogen and oxygen atoms in total. The van der Waals surface area contributed by atoms with Crippen LogP contribution in [-0.2, 0) is 4.74 Å². The number of phenols is 3. The van der Waals surface area contributed by atoms with Gasteiger partial charge in [0, 0.05) is 18.2 Å². The maximum Gasteiger partial charge on any atom is 0.342 e. The first-order valence-corrected chi connectivity index (χ1v) is 10.6. The van der Waals surface area contributed by atoms with Gasteiger partial charge < -0.3 is 29.5 Å². The summed E-state index contributed by atoms with van der Waals surface area (Å²) in [6, 6.07) is 14.9. The van der Waals surface area contributed by atoms with Crippen molar-refractivity contribution >= 4 is 17.8 Å². The molecule has 0 aliphatic rings. The number of carbonyl (C=O) groups excluding carboxylic acids is 2. The Bertz CT molecular complexity index is 1180. The number of esters is 1. The van der Waals surface area contributed by atoms with E-state index in [1.54, 1.807) is 26.0 Å². The highest BCUT2D eigenvalue weighted by Gasteiger charge is 2.17. The zero-order valence-corrected chi connectivity index (χ0v) is 19.9. The zero-order valence-electron chi connectivity index (χ0n) is 19.9. The quantitative estimate of drug-likeness (QED) is 0.248. The van der Waals surface area contributed by atoms with Crippen molar-refractivity contribution in [1.29, 1.82) is 0 Å². The van der Waals surface area contributed by atoms with E-state index in [1.165, 1.54) is 32.4 Å². The maximum absolute atomic E-state index is 12.3. The van der Waals surface area contributed by atoms with E-state index in [-0.39, 0.29) is 46.5 Å². The first kappa shape index (κ1) is 26.8. The van der Waals surface area contributed by atoms with Crippen LogP contribution in [0.1, 0.15) is 38.8 Å². The number of hydrogen-bond acceptors (Lipinski definition) is 8. The molecule has 3 rings (SSSR count). The second-order valence-corrected chi connectivity index (χ2v) is 7.21. The molecule has 0 amide bonds. The summed E-state index contributed by atoms with van der Waals surface area (Å²) in [7, 11) is 2.91. The number of ketones is 1. The first-order valence-electron chi connectivity index (χ1n) is 10.6. The Kier molecular flexibility index (Phi) is 9.71. The van der Waals surface area contributed by atoms with E-state index in [0.29, 0.717) is 11.3 Å². The fourth-order valence-corrected chi connectivity index (χ4v) is 3.14. The summed E-state index contributed by atoms with van der Waals surface area (Å²) in [6.07, 6.45) is 3.09. The van der Waals surface area contributed by atoms with Crippen LogP contribution in [0.3, 0.4) is 0 Å². The molecule has 0 spiro atoms. The summed E-state index contributed by atoms with van der Waals surface area (Å²) in [6.45, 7) is 3.55. The average molecular weight is 481 g/mol. The minimum absolute atomic E-state index is 0.0759. The minimum Gasteiger partial charge on any atom is -0.508 e. The van der Waals surface area contributed by atoms with Gasteiger partial charge in [-0.05, 0) is 37.1 Å². The van der Waals surface area contributed by atoms with Crippen molar-refractivity contribution in [2.45, 2.75) is 13.8 Å². The molecule has 0 bridgehead atoms. The van der Waals surface area contributed by atoms with Gasteiger partial charge in [-0.25, -0.2) is 4.79 Å². The monoisotopic (exact) mass is 480 g/mol. The Morgan fingerprint density at radius 3 is 2.11 bits per heavy atom. The van der Waals surface area contributed by atoms with Gasteiger partial charge in [0.25, 0.3) is 0 Å². The summed E-state index contributed by atoms with van der Waals surface area (Å²) < 4.78 is 14.9. The van der Waals surface area contributed by atoms with E-state index >= 15 is 0 Å². The van der Waals surface area contributed by atoms with Crippen molar-refractivity contribution in [2.75, 3.05) is 20.8 Å². The van der Waals surface area contributed by atoms with Crippen LogP contribution in [0.2, 0.25) is 0 Å². The van der Waals surface area contributed by atoms with Gasteiger partial charge in [0.05, 0.1) is 20.8 Å². The van der Waals surface area contributed by atoms with Crippen molar-refractivity contribution < 1.29 is 39.1 Å². The van der Waals surface area contributed by atoms with Gasteiger partial charge in [-0.1, -0.05) is 36.4 Å². The van der Waals surface area contributed by atoms with Crippen molar-refractivity contribution in [3.63, 3.8) is 0 Å². The standard InChI is InChI=1S/C17H16O4.C10H12O4/c1-20-13-10-15(19)17(16(11-13)21-2)14(18)9-8-12-6-4-3-5-7-12;1-3-14-10(13)9-6(2)4-7(11)5-8(9)12/h3-11,19H,1-2H3;4-5,11-12H,3H2,1-2H3. The predicted octanol–water partition coefficient (Wildman–Crippen LogP) is 4.89. The summed E-state index contributed by atoms with van der Waals surface area (Å²) in [5.74, 6) is -0.733. The zero-order chi connectivity index (χ0) is 26.0. The van der Waals surface area contributed by atoms with Crippen LogP contribution in [0.5, 0.6) is 28.7 Å². The number of methoxy groups -OCH3 is 2. The van der Waals surface area contributed by atoms with Crippen LogP contribution in [-0.4, -0.2) is 47.9 Å². The number of benzene rings is 3. The highest BCUT2D eigenvalue weighted by molar-refractivity contribution is 6.10. The number of phenolic OH excluding ortho intramolecular Hbond substituents is 3. The Morgan fingerprint density at radius 1 is 0.886 bits per heavy atom. The molecule has 0 saturated heterocycles. The fraction of sp³-hybridized carbons (Fsp3) is 0.185. The molecule has 0 aliphatic carbocycles. The number of allylic oxidation sites excluding steroid dienone is 1. The van der Waals surface area contributed by atoms with Crippen molar-refractivity contribution in [3.8, 4) is 28.7 Å². The molecule has 0 unspecified atom stereocenters. The van der Waals surface area contributed by atoms with E-state index in [1.807, 2.05) is 30.3 Å². The third kappa shape index (κ3) is 7.26. The lowest BCUT2D eigenvalue weighted by Crippen LogP contribution is -2.06. The summed E-state index contributed by atoms with van der Waals surface area (Å²) >= 11 is 0. The molecular formula is C27H28O8. The summed E-state index contributed by atoms with van der Waals surface area (Å²) in [4.78, 5) is 23.6. The third-order valence-corrected chi connectivity index (χ3v) is 4.76. The first-order chi connectivity index (χ1) is 16.7. The fourth-order valence-electron chi connectivity index (χ4n) is 3.14. The average Bonchev–Trinajstić information content (AvgIpc) is 2.82. The van der Waals surface area contributed by atoms with Crippen LogP contribution >= 0.6 is 0 Å². The molecule has 0 aromatic heterocycles. The number of carbonyl (C=O) groups is 2. The lowest BCUT2D eigenvalue weighted by molar-refractivity contribution is 0.0522. The van der Waals surface area contributed by atoms with Gasteiger partial charge in [0.1, 0.15) is 39.9 Å². The van der Waals surface area contributed by atoms with E-state index in [2.05, 4.69) is 0 Å². The van der Waals surface area contributed by atoms with Crippen molar-refractivity contribution in [1.82, 2.24) is 0 Å². The summed E-state index contributed by atoms with van der Waals surface area (Å²) in [5, 5.41) is 28.5. The van der Waals surface area contributed by atoms with Gasteiger partial charge >= 0.3 is 5.97 Å². The van der Waals surface area contributed by atoms with E-state index in [0.717, 1.165) is 11.6 Å². The Hall–Kier alpha value is -4.46. The van der Waals surface area contributed by atoms with Crippen LogP contribution < -0.4 is 9.47 Å². The maximum atomic E-state index is 12.3. The predicted molar refractivity (Wildman–Crippen MR) is 131 cm³/mol. The van der Waals surface area contributed by atoms with E-state index in [4.69, 9.17) is 19.3 Å². The molecule has 0 atom stereocenters. The number of aromatic hydroxyl groups is 3. The number of rotatable bonds is 7. The number of aryl methyl sites for hydroxylation is 1. The molecule has 0 saturated carbocycles. The smallest absolute Gasteiger partial charge is 0.342 e. The number of hydrogen-bond donors (Lipinski definition) is 3. The molecule has 3 aromatic carbocycles. The normalized spacial score (nSPS) is 10.3. The van der Waals surface area contributed by atoms with Gasteiger partial charge in [-0.2, -0.15) is 0 Å². The Balaban J connectivity index is 0.000000269. The molecule has 0 radical (unpaired) electrons. The second-order valence-electron chi connectivity index (χ2n) is 7.21. The van der Waals surface area contributed by atoms with Crippen LogP contribution in [0.4, 0.5) is 0 Å². The molecule has 0 aliphatic heterocycles.